The molecule has 314 valence electrons. The van der Waals surface area contributed by atoms with Crippen LogP contribution in [0.5, 0.6) is 0 Å². The number of Topliss-reactive ketones (excluding diaryl/α,β-unsaturated/α-hetero) is 1. The number of cyclic esters (lactones) is 1. The van der Waals surface area contributed by atoms with Crippen molar-refractivity contribution < 1.29 is 53.1 Å². The lowest BCUT2D eigenvalue weighted by atomic mass is 9.82. The number of hydrogen-bond donors (Lipinski definition) is 2. The van der Waals surface area contributed by atoms with E-state index in [0.717, 1.165) is 17.6 Å². The molecule has 1 amide bonds. The number of esters is 1. The summed E-state index contributed by atoms with van der Waals surface area (Å²) in [6.07, 6.45) is 10.5. The van der Waals surface area contributed by atoms with Gasteiger partial charge >= 0.3 is 5.97 Å². The Balaban J connectivity index is 1.78. The molecule has 2 saturated heterocycles. The highest BCUT2D eigenvalue weighted by atomic mass is 16.7. The van der Waals surface area contributed by atoms with Gasteiger partial charge in [0.05, 0.1) is 24.4 Å². The van der Waals surface area contributed by atoms with Crippen LogP contribution in [0.3, 0.4) is 0 Å². The average Bonchev–Trinajstić information content (AvgIpc) is 3.18. The van der Waals surface area contributed by atoms with Gasteiger partial charge in [-0.3, -0.25) is 14.4 Å². The van der Waals surface area contributed by atoms with E-state index in [-0.39, 0.29) is 43.1 Å². The van der Waals surface area contributed by atoms with E-state index in [4.69, 9.17) is 23.7 Å². The molecular formula is C44H67NO11. The predicted molar refractivity (Wildman–Crippen MR) is 211 cm³/mol. The molecule has 0 spiro atoms. The number of fused-ring (bicyclic) bond motifs is 3. The molecule has 0 radical (unpaired) electrons. The highest BCUT2D eigenvalue weighted by molar-refractivity contribution is 6.39. The monoisotopic (exact) mass is 785 g/mol. The van der Waals surface area contributed by atoms with E-state index in [1.807, 2.05) is 26.8 Å². The van der Waals surface area contributed by atoms with Gasteiger partial charge in [0, 0.05) is 45.6 Å². The Kier molecular flexibility index (Phi) is 16.8. The van der Waals surface area contributed by atoms with Crippen LogP contribution in [0.15, 0.2) is 48.1 Å². The normalized spacial score (nSPS) is 40.4. The highest BCUT2D eigenvalue weighted by Gasteiger charge is 2.56. The number of amides is 1. The van der Waals surface area contributed by atoms with Crippen molar-refractivity contribution in [3.8, 4) is 0 Å². The minimum atomic E-state index is -2.48. The summed E-state index contributed by atoms with van der Waals surface area (Å²) in [7, 11) is 4.66. The molecule has 12 nitrogen and oxygen atoms in total. The first kappa shape index (κ1) is 45.7. The number of carbonyl (C=O) groups is 4. The first-order valence-electron chi connectivity index (χ1n) is 20.5. The van der Waals surface area contributed by atoms with Crippen LogP contribution < -0.4 is 0 Å². The maximum Gasteiger partial charge on any atom is 0.329 e. The number of hydrogen-bond acceptors (Lipinski definition) is 11. The molecule has 56 heavy (non-hydrogen) atoms. The minimum absolute atomic E-state index is 0.0469. The first-order valence-corrected chi connectivity index (χ1v) is 20.5. The van der Waals surface area contributed by atoms with E-state index in [0.29, 0.717) is 44.9 Å². The Morgan fingerprint density at radius 2 is 1.66 bits per heavy atom. The summed E-state index contributed by atoms with van der Waals surface area (Å²) < 4.78 is 29.8. The van der Waals surface area contributed by atoms with Gasteiger partial charge in [-0.1, -0.05) is 50.6 Å². The molecule has 3 heterocycles. The topological polar surface area (TPSA) is 158 Å². The van der Waals surface area contributed by atoms with E-state index in [1.54, 1.807) is 32.3 Å². The fraction of sp³-hybridized carbons (Fsp3) is 0.727. The lowest BCUT2D eigenvalue weighted by molar-refractivity contribution is -0.302. The number of ether oxygens (including phenoxy) is 5. The zero-order valence-electron chi connectivity index (χ0n) is 34.8. The lowest BCUT2D eigenvalue weighted by Crippen LogP contribution is -2.64. The highest BCUT2D eigenvalue weighted by Crippen LogP contribution is 2.39. The second-order valence-electron chi connectivity index (χ2n) is 16.8. The predicted octanol–water partition coefficient (Wildman–Crippen LogP) is 5.44. The molecule has 0 aromatic heterocycles. The first-order chi connectivity index (χ1) is 26.6. The third kappa shape index (κ3) is 10.9. The summed E-state index contributed by atoms with van der Waals surface area (Å²) in [5, 5.41) is 22.4. The summed E-state index contributed by atoms with van der Waals surface area (Å²) in [4.78, 5) is 57.6. The maximum atomic E-state index is 14.3. The van der Waals surface area contributed by atoms with Crippen molar-refractivity contribution in [2.45, 2.75) is 147 Å². The van der Waals surface area contributed by atoms with Crippen LogP contribution in [0.1, 0.15) is 98.8 Å². The minimum Gasteiger partial charge on any atom is -0.456 e. The molecule has 4 aliphatic rings. The Morgan fingerprint density at radius 1 is 0.982 bits per heavy atom. The summed E-state index contributed by atoms with van der Waals surface area (Å²) in [6.45, 7) is 13.5. The van der Waals surface area contributed by atoms with Crippen LogP contribution >= 0.6 is 0 Å². The van der Waals surface area contributed by atoms with Gasteiger partial charge in [-0.05, 0) is 102 Å². The second-order valence-corrected chi connectivity index (χ2v) is 16.8. The zero-order chi connectivity index (χ0) is 41.3. The second kappa shape index (κ2) is 20.6. The Bertz CT molecular complexity index is 1490. The molecule has 2 N–H and O–H groups in total. The molecule has 0 aromatic rings. The van der Waals surface area contributed by atoms with Crippen molar-refractivity contribution in [1.29, 1.82) is 0 Å². The van der Waals surface area contributed by atoms with E-state index >= 15 is 0 Å². The van der Waals surface area contributed by atoms with Crippen molar-refractivity contribution in [2.24, 2.45) is 29.6 Å². The summed E-state index contributed by atoms with van der Waals surface area (Å²) in [5.41, 5.74) is 1.77. The van der Waals surface area contributed by atoms with Crippen molar-refractivity contribution in [1.82, 2.24) is 4.90 Å². The largest absolute Gasteiger partial charge is 0.456 e. The molecule has 2 bridgehead atoms. The van der Waals surface area contributed by atoms with Crippen molar-refractivity contribution in [3.05, 3.63) is 48.1 Å². The van der Waals surface area contributed by atoms with Crippen LogP contribution in [0, 0.1) is 29.6 Å². The molecule has 3 aliphatic heterocycles. The fourth-order valence-corrected chi connectivity index (χ4v) is 9.12. The van der Waals surface area contributed by atoms with Gasteiger partial charge in [0.25, 0.3) is 11.7 Å². The third-order valence-corrected chi connectivity index (χ3v) is 12.4. The molecule has 1 saturated carbocycles. The summed E-state index contributed by atoms with van der Waals surface area (Å²) in [6, 6.07) is -1.08. The molecule has 4 rings (SSSR count). The van der Waals surface area contributed by atoms with Crippen LogP contribution in [0.2, 0.25) is 0 Å². The van der Waals surface area contributed by atoms with Gasteiger partial charge in [0.1, 0.15) is 18.2 Å². The van der Waals surface area contributed by atoms with E-state index in [2.05, 4.69) is 19.6 Å². The van der Waals surface area contributed by atoms with Crippen molar-refractivity contribution in [3.63, 3.8) is 0 Å². The standard InChI is InChI=1S/C44H67NO11/c1-10-13-32-21-26(2)20-27(3)22-37(53-8)40-38(54-9)24-30(6)44(51,56-40)41(48)42(49)45-19-12-11-14-33(45)43(50)55-39(28(4)15-17-34(32)46)29(5)23-31-16-18-35(47)36(25-31)52-7/h10,15,17,21,23,27-28,30-33,35-40,47,51H,1,11-14,16,18-20,22,24-25H2,2-9H3/b17-15+,26-21-,29-23+/t27-,28+,30+,31-,32-,33-,35+,36+,37-,38-,39-,40+,44+/m0/s1. The van der Waals surface area contributed by atoms with Gasteiger partial charge in [-0.15, -0.1) is 6.58 Å². The van der Waals surface area contributed by atoms with Gasteiger partial charge in [0.15, 0.2) is 5.78 Å². The van der Waals surface area contributed by atoms with E-state index in [1.165, 1.54) is 19.1 Å². The third-order valence-electron chi connectivity index (χ3n) is 12.4. The number of aliphatic hydroxyl groups excluding tert-OH is 1. The van der Waals surface area contributed by atoms with Gasteiger partial charge in [-0.25, -0.2) is 4.79 Å². The number of methoxy groups -OCH3 is 3. The van der Waals surface area contributed by atoms with Crippen LogP contribution in [0.4, 0.5) is 0 Å². The zero-order valence-corrected chi connectivity index (χ0v) is 34.8. The lowest BCUT2D eigenvalue weighted by Gasteiger charge is -2.47. The number of aliphatic hydroxyl groups is 2. The molecule has 13 atom stereocenters. The SMILES string of the molecule is C=CC[C@H]1/C=C(/C)C[C@H](C)C[C@H](OC)[C@H]2O[C@@](O)(C(=O)C(=O)N3CCCC[C@H]3C(=O)O[C@H](/C(C)=C/[C@@H]3CC[C@@H](O)[C@H](OC)C3)[C@H](C)/C=C/C1=O)[C@H](C)C[C@@H]2OC. The van der Waals surface area contributed by atoms with E-state index in [9.17, 15) is 29.4 Å². The van der Waals surface area contributed by atoms with Crippen molar-refractivity contribution in [2.75, 3.05) is 27.9 Å². The number of allylic oxidation sites excluding steroid dienone is 5. The Hall–Kier alpha value is -3.00. The Morgan fingerprint density at radius 3 is 2.32 bits per heavy atom. The number of piperidine rings is 1. The number of rotatable bonds is 7. The fourth-order valence-electron chi connectivity index (χ4n) is 9.12. The quantitative estimate of drug-likeness (QED) is 0.192. The summed E-state index contributed by atoms with van der Waals surface area (Å²) >= 11 is 0. The smallest absolute Gasteiger partial charge is 0.329 e. The molecular weight excluding hydrogens is 718 g/mol. The molecule has 0 unspecified atom stereocenters. The van der Waals surface area contributed by atoms with Gasteiger partial charge in [0.2, 0.25) is 5.79 Å². The molecule has 3 fully saturated rings. The van der Waals surface area contributed by atoms with Crippen LogP contribution in [-0.4, -0.2) is 115 Å². The van der Waals surface area contributed by atoms with Gasteiger partial charge < -0.3 is 38.8 Å². The Labute approximate surface area is 333 Å². The maximum absolute atomic E-state index is 14.3. The number of nitrogens with zero attached hydrogens (tertiary/aromatic N) is 1. The van der Waals surface area contributed by atoms with Gasteiger partial charge in [-0.2, -0.15) is 0 Å². The molecule has 12 heteroatoms. The molecule has 0 aromatic carbocycles. The summed E-state index contributed by atoms with van der Waals surface area (Å²) in [5.74, 6) is -7.00. The number of carbonyl (C=O) groups excluding carboxylic acids is 4. The number of ketones is 2. The van der Waals surface area contributed by atoms with Crippen LogP contribution in [0.25, 0.3) is 0 Å². The average molecular weight is 786 g/mol. The molecule has 1 aliphatic carbocycles. The van der Waals surface area contributed by atoms with Crippen LogP contribution in [-0.2, 0) is 42.9 Å². The van der Waals surface area contributed by atoms with Crippen molar-refractivity contribution >= 4 is 23.4 Å². The van der Waals surface area contributed by atoms with E-state index < -0.39 is 77.8 Å².